The SMILES string of the molecule is CN1CC=C(CN=C(N)NCC2CCC2)CC1.I. The van der Waals surface area contributed by atoms with Gasteiger partial charge in [0.1, 0.15) is 0 Å². The second kappa shape index (κ2) is 7.99. The second-order valence-corrected chi connectivity index (χ2v) is 5.25. The molecule has 0 bridgehead atoms. The van der Waals surface area contributed by atoms with Crippen LogP contribution in [-0.4, -0.2) is 44.1 Å². The highest BCUT2D eigenvalue weighted by Gasteiger charge is 2.16. The molecule has 2 rings (SSSR count). The summed E-state index contributed by atoms with van der Waals surface area (Å²) < 4.78 is 0. The van der Waals surface area contributed by atoms with Crippen molar-refractivity contribution < 1.29 is 0 Å². The Hall–Kier alpha value is -0.300. The molecule has 4 nitrogen and oxygen atoms in total. The Morgan fingerprint density at radius 3 is 2.89 bits per heavy atom. The van der Waals surface area contributed by atoms with Crippen molar-refractivity contribution in [1.82, 2.24) is 10.2 Å². The molecule has 1 saturated carbocycles. The number of rotatable bonds is 4. The first-order chi connectivity index (χ1) is 8.24. The summed E-state index contributed by atoms with van der Waals surface area (Å²) in [6.45, 7) is 3.94. The summed E-state index contributed by atoms with van der Waals surface area (Å²) in [4.78, 5) is 6.71. The van der Waals surface area contributed by atoms with Gasteiger partial charge in [-0.15, -0.1) is 24.0 Å². The van der Waals surface area contributed by atoms with Crippen LogP contribution >= 0.6 is 24.0 Å². The summed E-state index contributed by atoms with van der Waals surface area (Å²) in [5.74, 6) is 1.43. The lowest BCUT2D eigenvalue weighted by molar-refractivity contribution is 0.315. The quantitative estimate of drug-likeness (QED) is 0.345. The van der Waals surface area contributed by atoms with E-state index in [1.807, 2.05) is 0 Å². The molecule has 0 saturated heterocycles. The van der Waals surface area contributed by atoms with Crippen molar-refractivity contribution in [2.24, 2.45) is 16.6 Å². The van der Waals surface area contributed by atoms with Crippen molar-refractivity contribution in [1.29, 1.82) is 0 Å². The lowest BCUT2D eigenvalue weighted by atomic mass is 9.85. The third-order valence-electron chi connectivity index (χ3n) is 3.76. The predicted octanol–water partition coefficient (Wildman–Crippen LogP) is 1.57. The highest BCUT2D eigenvalue weighted by molar-refractivity contribution is 14.0. The van der Waals surface area contributed by atoms with Crippen LogP contribution in [0.25, 0.3) is 0 Å². The molecular weight excluding hydrogens is 339 g/mol. The molecule has 0 radical (unpaired) electrons. The number of nitrogens with two attached hydrogens (primary N) is 1. The van der Waals surface area contributed by atoms with Crippen LogP contribution in [0.2, 0.25) is 0 Å². The van der Waals surface area contributed by atoms with Gasteiger partial charge in [-0.1, -0.05) is 18.1 Å². The molecule has 0 unspecified atom stereocenters. The van der Waals surface area contributed by atoms with Gasteiger partial charge in [0.25, 0.3) is 0 Å². The molecule has 0 aromatic rings. The van der Waals surface area contributed by atoms with E-state index in [4.69, 9.17) is 5.73 Å². The van der Waals surface area contributed by atoms with Crippen molar-refractivity contribution >= 4 is 29.9 Å². The van der Waals surface area contributed by atoms with Crippen LogP contribution in [0.5, 0.6) is 0 Å². The van der Waals surface area contributed by atoms with Gasteiger partial charge in [-0.2, -0.15) is 0 Å². The number of guanidine groups is 1. The van der Waals surface area contributed by atoms with E-state index in [0.717, 1.165) is 38.5 Å². The summed E-state index contributed by atoms with van der Waals surface area (Å²) >= 11 is 0. The van der Waals surface area contributed by atoms with Gasteiger partial charge in [0, 0.05) is 19.6 Å². The van der Waals surface area contributed by atoms with Gasteiger partial charge in [0.15, 0.2) is 5.96 Å². The standard InChI is InChI=1S/C13H24N4.HI/c1-17-7-5-12(6-8-17)10-16-13(14)15-9-11-3-2-4-11;/h5,11H,2-4,6-10H2,1H3,(H3,14,15,16);1H. The topological polar surface area (TPSA) is 53.6 Å². The van der Waals surface area contributed by atoms with Gasteiger partial charge in [-0.25, -0.2) is 4.99 Å². The monoisotopic (exact) mass is 364 g/mol. The molecule has 0 aromatic carbocycles. The number of nitrogens with zero attached hydrogens (tertiary/aromatic N) is 2. The van der Waals surface area contributed by atoms with Gasteiger partial charge < -0.3 is 16.0 Å². The maximum atomic E-state index is 5.85. The Kier molecular flexibility index (Phi) is 6.99. The average molecular weight is 364 g/mol. The Morgan fingerprint density at radius 2 is 2.33 bits per heavy atom. The molecule has 0 aromatic heterocycles. The van der Waals surface area contributed by atoms with Crippen LogP contribution in [0.15, 0.2) is 16.6 Å². The molecular formula is C13H25IN4. The summed E-state index contributed by atoms with van der Waals surface area (Å²) in [5.41, 5.74) is 7.26. The average Bonchev–Trinajstić information content (AvgIpc) is 2.26. The number of aliphatic imine (C=N–C) groups is 1. The molecule has 2 aliphatic rings. The molecule has 1 heterocycles. The first-order valence-electron chi connectivity index (χ1n) is 6.64. The van der Waals surface area contributed by atoms with Crippen molar-refractivity contribution in [3.63, 3.8) is 0 Å². The largest absolute Gasteiger partial charge is 0.370 e. The fourth-order valence-corrected chi connectivity index (χ4v) is 2.14. The Labute approximate surface area is 127 Å². The summed E-state index contributed by atoms with van der Waals surface area (Å²) in [6.07, 6.45) is 7.46. The Bertz CT molecular complexity index is 310. The summed E-state index contributed by atoms with van der Waals surface area (Å²) in [5, 5.41) is 3.22. The third kappa shape index (κ3) is 5.14. The van der Waals surface area contributed by atoms with E-state index in [-0.39, 0.29) is 24.0 Å². The lowest BCUT2D eigenvalue weighted by Gasteiger charge is -2.25. The molecule has 1 aliphatic carbocycles. The van der Waals surface area contributed by atoms with Crippen molar-refractivity contribution in [3.05, 3.63) is 11.6 Å². The fraction of sp³-hybridized carbons (Fsp3) is 0.769. The number of hydrogen-bond acceptors (Lipinski definition) is 2. The molecule has 5 heteroatoms. The first-order valence-corrected chi connectivity index (χ1v) is 6.64. The Balaban J connectivity index is 0.00000162. The van der Waals surface area contributed by atoms with E-state index in [1.54, 1.807) is 0 Å². The van der Waals surface area contributed by atoms with E-state index in [0.29, 0.717) is 5.96 Å². The maximum Gasteiger partial charge on any atom is 0.188 e. The van der Waals surface area contributed by atoms with E-state index >= 15 is 0 Å². The van der Waals surface area contributed by atoms with Gasteiger partial charge in [0.05, 0.1) is 6.54 Å². The summed E-state index contributed by atoms with van der Waals surface area (Å²) in [7, 11) is 2.14. The second-order valence-electron chi connectivity index (χ2n) is 5.25. The molecule has 0 amide bonds. The zero-order chi connectivity index (χ0) is 12.1. The van der Waals surface area contributed by atoms with Crippen molar-refractivity contribution in [2.75, 3.05) is 33.2 Å². The highest BCUT2D eigenvalue weighted by atomic mass is 127. The molecule has 104 valence electrons. The van der Waals surface area contributed by atoms with Crippen LogP contribution < -0.4 is 11.1 Å². The lowest BCUT2D eigenvalue weighted by Crippen LogP contribution is -2.37. The van der Waals surface area contributed by atoms with Crippen LogP contribution in [0.3, 0.4) is 0 Å². The third-order valence-corrected chi connectivity index (χ3v) is 3.76. The zero-order valence-corrected chi connectivity index (χ0v) is 13.5. The van der Waals surface area contributed by atoms with E-state index in [1.165, 1.54) is 24.8 Å². The molecule has 0 atom stereocenters. The molecule has 1 aliphatic heterocycles. The predicted molar refractivity (Wildman–Crippen MR) is 87.4 cm³/mol. The van der Waals surface area contributed by atoms with Crippen LogP contribution in [0.1, 0.15) is 25.7 Å². The number of halogens is 1. The number of likely N-dealkylation sites (N-methyl/N-ethyl adjacent to an activating group) is 1. The highest BCUT2D eigenvalue weighted by Crippen LogP contribution is 2.24. The van der Waals surface area contributed by atoms with Gasteiger partial charge >= 0.3 is 0 Å². The fourth-order valence-electron chi connectivity index (χ4n) is 2.14. The van der Waals surface area contributed by atoms with E-state index in [9.17, 15) is 0 Å². The minimum atomic E-state index is 0. The van der Waals surface area contributed by atoms with Crippen LogP contribution in [0.4, 0.5) is 0 Å². The van der Waals surface area contributed by atoms with Gasteiger partial charge in [-0.3, -0.25) is 0 Å². The van der Waals surface area contributed by atoms with E-state index < -0.39 is 0 Å². The maximum absolute atomic E-state index is 5.85. The van der Waals surface area contributed by atoms with Crippen LogP contribution in [0, 0.1) is 5.92 Å². The molecule has 18 heavy (non-hydrogen) atoms. The molecule has 1 fully saturated rings. The normalized spacial score (nSPS) is 21.8. The van der Waals surface area contributed by atoms with E-state index in [2.05, 4.69) is 28.3 Å². The zero-order valence-electron chi connectivity index (χ0n) is 11.2. The molecule has 0 spiro atoms. The number of nitrogens with one attached hydrogen (secondary N) is 1. The minimum absolute atomic E-state index is 0. The smallest absolute Gasteiger partial charge is 0.188 e. The van der Waals surface area contributed by atoms with Crippen LogP contribution in [-0.2, 0) is 0 Å². The number of hydrogen-bond donors (Lipinski definition) is 2. The van der Waals surface area contributed by atoms with Gasteiger partial charge in [-0.05, 0) is 32.2 Å². The first kappa shape index (κ1) is 15.8. The summed E-state index contributed by atoms with van der Waals surface area (Å²) in [6, 6.07) is 0. The molecule has 3 N–H and O–H groups in total. The van der Waals surface area contributed by atoms with Crippen molar-refractivity contribution in [2.45, 2.75) is 25.7 Å². The van der Waals surface area contributed by atoms with Crippen molar-refractivity contribution in [3.8, 4) is 0 Å². The van der Waals surface area contributed by atoms with Gasteiger partial charge in [0.2, 0.25) is 0 Å². The Morgan fingerprint density at radius 1 is 1.56 bits per heavy atom. The minimum Gasteiger partial charge on any atom is -0.370 e.